The second-order valence-corrected chi connectivity index (χ2v) is 5.68. The molecule has 0 saturated heterocycles. The lowest BCUT2D eigenvalue weighted by Gasteiger charge is -2.28. The van der Waals surface area contributed by atoms with Crippen LogP contribution in [-0.4, -0.2) is 24.2 Å². The van der Waals surface area contributed by atoms with E-state index in [-0.39, 0.29) is 18.0 Å². The van der Waals surface area contributed by atoms with E-state index >= 15 is 0 Å². The Hall–Kier alpha value is -1.79. The maximum atomic E-state index is 14.0. The van der Waals surface area contributed by atoms with Crippen molar-refractivity contribution in [3.05, 3.63) is 29.6 Å². The van der Waals surface area contributed by atoms with Crippen LogP contribution in [0, 0.1) is 11.2 Å². The van der Waals surface area contributed by atoms with Crippen LogP contribution in [0.25, 0.3) is 0 Å². The molecule has 0 fully saturated rings. The number of hydrogen-bond donors (Lipinski definition) is 0. The van der Waals surface area contributed by atoms with Gasteiger partial charge in [-0.05, 0) is 12.5 Å². The molecule has 0 radical (unpaired) electrons. The molecule has 0 spiro atoms. The molecule has 1 aromatic carbocycles. The molecule has 0 bridgehead atoms. The maximum Gasteiger partial charge on any atom is 0.573 e. The largest absolute Gasteiger partial charge is 0.573 e. The van der Waals surface area contributed by atoms with Crippen LogP contribution in [0.4, 0.5) is 17.6 Å². The van der Waals surface area contributed by atoms with Crippen LogP contribution in [0.5, 0.6) is 5.75 Å². The average Bonchev–Trinajstić information content (AvgIpc) is 2.40. The number of nitrogens with zero attached hydrogens (tertiary/aromatic N) is 1. The smallest absolute Gasteiger partial charge is 0.403 e. The predicted octanol–water partition coefficient (Wildman–Crippen LogP) is 4.12. The number of rotatable bonds is 5. The Kier molecular flexibility index (Phi) is 5.43. The fourth-order valence-corrected chi connectivity index (χ4v) is 1.88. The number of carbonyl (C=O) groups excluding carboxylic acids is 1. The minimum absolute atomic E-state index is 0.0375. The molecule has 0 unspecified atom stereocenters. The van der Waals surface area contributed by atoms with Crippen molar-refractivity contribution < 1.29 is 27.1 Å². The summed E-state index contributed by atoms with van der Waals surface area (Å²) < 4.78 is 54.2. The van der Waals surface area contributed by atoms with Crippen LogP contribution in [0.2, 0.25) is 0 Å². The van der Waals surface area contributed by atoms with Gasteiger partial charge in [0.05, 0.1) is 0 Å². The lowest BCUT2D eigenvalue weighted by atomic mass is 9.88. The molecular formula is C15H19F4NO2. The zero-order chi connectivity index (χ0) is 17.1. The lowest BCUT2D eigenvalue weighted by Crippen LogP contribution is -2.37. The van der Waals surface area contributed by atoms with Gasteiger partial charge >= 0.3 is 6.36 Å². The number of alkyl halides is 3. The second-order valence-electron chi connectivity index (χ2n) is 5.68. The fraction of sp³-hybridized carbons (Fsp3) is 0.533. The molecule has 7 heteroatoms. The number of amides is 1. The van der Waals surface area contributed by atoms with Crippen LogP contribution in [-0.2, 0) is 11.3 Å². The first-order valence-electron chi connectivity index (χ1n) is 6.76. The summed E-state index contributed by atoms with van der Waals surface area (Å²) in [7, 11) is 1.48. The predicted molar refractivity (Wildman–Crippen MR) is 73.6 cm³/mol. The number of benzene rings is 1. The zero-order valence-corrected chi connectivity index (χ0v) is 12.9. The van der Waals surface area contributed by atoms with Crippen LogP contribution in [0.3, 0.4) is 0 Å². The van der Waals surface area contributed by atoms with Crippen LogP contribution < -0.4 is 4.74 Å². The molecule has 22 heavy (non-hydrogen) atoms. The fourth-order valence-electron chi connectivity index (χ4n) is 1.88. The third-order valence-corrected chi connectivity index (χ3v) is 3.49. The van der Waals surface area contributed by atoms with Crippen molar-refractivity contribution in [2.75, 3.05) is 7.05 Å². The third kappa shape index (κ3) is 4.61. The van der Waals surface area contributed by atoms with E-state index < -0.39 is 23.3 Å². The van der Waals surface area contributed by atoms with Crippen molar-refractivity contribution in [1.82, 2.24) is 4.90 Å². The Labute approximate surface area is 126 Å². The number of carbonyl (C=O) groups is 1. The molecule has 0 saturated carbocycles. The van der Waals surface area contributed by atoms with Crippen molar-refractivity contribution >= 4 is 5.91 Å². The SMILES string of the molecule is CCC(C)(C)C(=O)N(C)Cc1cccc(OC(F)(F)F)c1F. The topological polar surface area (TPSA) is 29.5 Å². The van der Waals surface area contributed by atoms with Crippen LogP contribution >= 0.6 is 0 Å². The molecule has 1 amide bonds. The standard InChI is InChI=1S/C15H19F4NO2/c1-5-14(2,3)13(21)20(4)9-10-7-6-8-11(12(10)16)22-15(17,18)19/h6-8H,5,9H2,1-4H3. The molecule has 1 rings (SSSR count). The minimum atomic E-state index is -4.97. The van der Waals surface area contributed by atoms with E-state index in [4.69, 9.17) is 0 Å². The summed E-state index contributed by atoms with van der Waals surface area (Å²) in [6.45, 7) is 5.23. The monoisotopic (exact) mass is 321 g/mol. The minimum Gasteiger partial charge on any atom is -0.403 e. The zero-order valence-electron chi connectivity index (χ0n) is 12.9. The Morgan fingerprint density at radius 2 is 1.86 bits per heavy atom. The molecule has 0 aliphatic carbocycles. The second kappa shape index (κ2) is 6.54. The van der Waals surface area contributed by atoms with Crippen molar-refractivity contribution in [3.63, 3.8) is 0 Å². The summed E-state index contributed by atoms with van der Waals surface area (Å²) >= 11 is 0. The van der Waals surface area contributed by atoms with Gasteiger partial charge in [-0.15, -0.1) is 13.2 Å². The van der Waals surface area contributed by atoms with E-state index in [1.54, 1.807) is 13.8 Å². The molecule has 0 aliphatic rings. The normalized spacial score (nSPS) is 12.2. The van der Waals surface area contributed by atoms with Gasteiger partial charge in [0.2, 0.25) is 5.91 Å². The molecule has 1 aromatic rings. The highest BCUT2D eigenvalue weighted by atomic mass is 19.4. The number of hydrogen-bond acceptors (Lipinski definition) is 2. The van der Waals surface area contributed by atoms with Gasteiger partial charge in [0.25, 0.3) is 0 Å². The number of halogens is 4. The van der Waals surface area contributed by atoms with Gasteiger partial charge in [0.15, 0.2) is 11.6 Å². The summed E-state index contributed by atoms with van der Waals surface area (Å²) in [6.07, 6.45) is -4.37. The van der Waals surface area contributed by atoms with E-state index in [1.165, 1.54) is 24.1 Å². The first kappa shape index (κ1) is 18.3. The number of ether oxygens (including phenoxy) is 1. The van der Waals surface area contributed by atoms with Crippen molar-refractivity contribution in [3.8, 4) is 5.75 Å². The summed E-state index contributed by atoms with van der Waals surface area (Å²) in [5, 5.41) is 0. The van der Waals surface area contributed by atoms with E-state index in [9.17, 15) is 22.4 Å². The molecule has 0 heterocycles. The molecule has 3 nitrogen and oxygen atoms in total. The van der Waals surface area contributed by atoms with Gasteiger partial charge in [-0.25, -0.2) is 4.39 Å². The lowest BCUT2D eigenvalue weighted by molar-refractivity contribution is -0.275. The van der Waals surface area contributed by atoms with Crippen molar-refractivity contribution in [1.29, 1.82) is 0 Å². The quantitative estimate of drug-likeness (QED) is 0.764. The third-order valence-electron chi connectivity index (χ3n) is 3.49. The Balaban J connectivity index is 2.95. The van der Waals surface area contributed by atoms with Gasteiger partial charge < -0.3 is 9.64 Å². The highest BCUT2D eigenvalue weighted by molar-refractivity contribution is 5.81. The van der Waals surface area contributed by atoms with E-state index in [0.717, 1.165) is 6.07 Å². The Morgan fingerprint density at radius 1 is 1.27 bits per heavy atom. The molecule has 0 N–H and O–H groups in total. The van der Waals surface area contributed by atoms with Crippen molar-refractivity contribution in [2.45, 2.75) is 40.1 Å². The Morgan fingerprint density at radius 3 is 2.36 bits per heavy atom. The van der Waals surface area contributed by atoms with E-state index in [0.29, 0.717) is 6.42 Å². The van der Waals surface area contributed by atoms with Gasteiger partial charge in [-0.3, -0.25) is 4.79 Å². The summed E-state index contributed by atoms with van der Waals surface area (Å²) in [5.74, 6) is -2.23. The van der Waals surface area contributed by atoms with Crippen LogP contribution in [0.15, 0.2) is 18.2 Å². The summed E-state index contributed by atoms with van der Waals surface area (Å²) in [4.78, 5) is 13.5. The highest BCUT2D eigenvalue weighted by Gasteiger charge is 2.33. The Bertz CT molecular complexity index is 541. The molecular weight excluding hydrogens is 302 g/mol. The summed E-state index contributed by atoms with van der Waals surface area (Å²) in [6, 6.07) is 3.47. The first-order chi connectivity index (χ1) is 9.98. The van der Waals surface area contributed by atoms with Gasteiger partial charge in [-0.2, -0.15) is 0 Å². The first-order valence-corrected chi connectivity index (χ1v) is 6.76. The molecule has 0 aromatic heterocycles. The maximum absolute atomic E-state index is 14.0. The van der Waals surface area contributed by atoms with E-state index in [1.807, 2.05) is 6.92 Å². The summed E-state index contributed by atoms with van der Waals surface area (Å²) in [5.41, 5.74) is -0.657. The van der Waals surface area contributed by atoms with Gasteiger partial charge in [-0.1, -0.05) is 32.9 Å². The molecule has 0 atom stereocenters. The highest BCUT2D eigenvalue weighted by Crippen LogP contribution is 2.29. The van der Waals surface area contributed by atoms with E-state index in [2.05, 4.69) is 4.74 Å². The van der Waals surface area contributed by atoms with Crippen LogP contribution in [0.1, 0.15) is 32.8 Å². The average molecular weight is 321 g/mol. The molecule has 0 aliphatic heterocycles. The van der Waals surface area contributed by atoms with Gasteiger partial charge in [0, 0.05) is 24.6 Å². The molecule has 124 valence electrons. The van der Waals surface area contributed by atoms with Crippen molar-refractivity contribution in [2.24, 2.45) is 5.41 Å². The van der Waals surface area contributed by atoms with Gasteiger partial charge in [0.1, 0.15) is 0 Å².